The highest BCUT2D eigenvalue weighted by molar-refractivity contribution is 5.92. The van der Waals surface area contributed by atoms with Crippen LogP contribution in [-0.4, -0.2) is 11.9 Å². The summed E-state index contributed by atoms with van der Waals surface area (Å²) in [4.78, 5) is 7.71. The first-order chi connectivity index (χ1) is 7.49. The molecule has 86 valence electrons. The van der Waals surface area contributed by atoms with Gasteiger partial charge in [-0.2, -0.15) is 4.99 Å². The van der Waals surface area contributed by atoms with Crippen molar-refractivity contribution in [3.63, 3.8) is 0 Å². The molecule has 0 spiro atoms. The number of benzene rings is 1. The van der Waals surface area contributed by atoms with Crippen LogP contribution in [0.3, 0.4) is 0 Å². The molecule has 0 saturated carbocycles. The van der Waals surface area contributed by atoms with Gasteiger partial charge < -0.3 is 17.2 Å². The maximum Gasteiger partial charge on any atom is 0.218 e. The van der Waals surface area contributed by atoms with Gasteiger partial charge in [0.25, 0.3) is 0 Å². The topological polar surface area (TPSA) is 103 Å². The van der Waals surface area contributed by atoms with Crippen molar-refractivity contribution in [3.8, 4) is 0 Å². The fraction of sp³-hybridized carbons (Fsp3) is 0.273. The lowest BCUT2D eigenvalue weighted by Gasteiger charge is -2.03. The Bertz CT molecular complexity index is 430. The summed E-state index contributed by atoms with van der Waals surface area (Å²) in [5.74, 6) is 0.0156. The van der Waals surface area contributed by atoms with Gasteiger partial charge in [0.2, 0.25) is 5.96 Å². The second-order valence-electron chi connectivity index (χ2n) is 3.64. The van der Waals surface area contributed by atoms with E-state index in [4.69, 9.17) is 17.2 Å². The lowest BCUT2D eigenvalue weighted by atomic mass is 10.1. The van der Waals surface area contributed by atoms with Gasteiger partial charge in [0.1, 0.15) is 0 Å². The predicted molar refractivity (Wildman–Crippen MR) is 67.1 cm³/mol. The molecule has 1 aromatic carbocycles. The average Bonchev–Trinajstić information content (AvgIpc) is 2.15. The van der Waals surface area contributed by atoms with Gasteiger partial charge in [0.15, 0.2) is 5.96 Å². The number of hydrogen-bond donors (Lipinski definition) is 3. The van der Waals surface area contributed by atoms with E-state index in [2.05, 4.69) is 16.1 Å². The molecule has 0 aromatic heterocycles. The van der Waals surface area contributed by atoms with Crippen LogP contribution in [0.4, 0.5) is 0 Å². The van der Waals surface area contributed by atoms with Crippen LogP contribution in [0.15, 0.2) is 28.2 Å². The molecule has 0 heterocycles. The fourth-order valence-electron chi connectivity index (χ4n) is 1.36. The third-order valence-electron chi connectivity index (χ3n) is 2.15. The summed E-state index contributed by atoms with van der Waals surface area (Å²) in [6.07, 6.45) is 0. The van der Waals surface area contributed by atoms with E-state index in [1.54, 1.807) is 0 Å². The molecule has 0 radical (unpaired) electrons. The van der Waals surface area contributed by atoms with Gasteiger partial charge in [-0.3, -0.25) is 0 Å². The van der Waals surface area contributed by atoms with Crippen LogP contribution in [0.2, 0.25) is 0 Å². The molecule has 6 N–H and O–H groups in total. The highest BCUT2D eigenvalue weighted by Crippen LogP contribution is 2.11. The maximum atomic E-state index is 5.50. The second-order valence-corrected chi connectivity index (χ2v) is 3.64. The van der Waals surface area contributed by atoms with Crippen molar-refractivity contribution in [2.24, 2.45) is 27.2 Å². The first kappa shape index (κ1) is 12.0. The van der Waals surface area contributed by atoms with E-state index in [1.165, 1.54) is 11.1 Å². The summed E-state index contributed by atoms with van der Waals surface area (Å²) in [7, 11) is 0. The van der Waals surface area contributed by atoms with Crippen LogP contribution in [0, 0.1) is 13.8 Å². The summed E-state index contributed by atoms with van der Waals surface area (Å²) in [5.41, 5.74) is 19.4. The molecule has 0 saturated heterocycles. The third kappa shape index (κ3) is 3.61. The standard InChI is InChI=1S/C11H17N5/c1-7-3-4-9(8(2)5-7)6-15-11(14)16-10(12)13/h3-5H,6H2,1-2H3,(H6,12,13,14,15,16). The molecular formula is C11H17N5. The minimum atomic E-state index is -0.0816. The van der Waals surface area contributed by atoms with Gasteiger partial charge in [-0.25, -0.2) is 4.99 Å². The SMILES string of the molecule is Cc1ccc(CN=C(N)N=C(N)N)c(C)c1. The number of hydrogen-bond acceptors (Lipinski definition) is 1. The fourth-order valence-corrected chi connectivity index (χ4v) is 1.36. The number of guanidine groups is 2. The smallest absolute Gasteiger partial charge is 0.218 e. The Morgan fingerprint density at radius 2 is 1.88 bits per heavy atom. The molecule has 0 amide bonds. The number of rotatable bonds is 2. The molecule has 0 unspecified atom stereocenters. The highest BCUT2D eigenvalue weighted by atomic mass is 15.1. The van der Waals surface area contributed by atoms with E-state index >= 15 is 0 Å². The van der Waals surface area contributed by atoms with Crippen molar-refractivity contribution in [1.29, 1.82) is 0 Å². The molecule has 16 heavy (non-hydrogen) atoms. The molecular weight excluding hydrogens is 202 g/mol. The predicted octanol–water partition coefficient (Wildman–Crippen LogP) is 0.392. The Labute approximate surface area is 95.1 Å². The van der Waals surface area contributed by atoms with Gasteiger partial charge in [-0.15, -0.1) is 0 Å². The Balaban J connectivity index is 2.78. The van der Waals surface area contributed by atoms with Gasteiger partial charge in [-0.1, -0.05) is 23.8 Å². The average molecular weight is 219 g/mol. The molecule has 5 heteroatoms. The molecule has 0 atom stereocenters. The summed E-state index contributed by atoms with van der Waals surface area (Å²) in [6.45, 7) is 4.57. The van der Waals surface area contributed by atoms with E-state index in [1.807, 2.05) is 26.0 Å². The van der Waals surface area contributed by atoms with Crippen LogP contribution >= 0.6 is 0 Å². The van der Waals surface area contributed by atoms with Gasteiger partial charge in [-0.05, 0) is 25.0 Å². The Kier molecular flexibility index (Phi) is 3.88. The van der Waals surface area contributed by atoms with Crippen LogP contribution in [-0.2, 0) is 6.54 Å². The van der Waals surface area contributed by atoms with Crippen LogP contribution in [0.5, 0.6) is 0 Å². The van der Waals surface area contributed by atoms with Crippen molar-refractivity contribution in [2.75, 3.05) is 0 Å². The number of aliphatic imine (C=N–C) groups is 2. The Hall–Kier alpha value is -2.04. The zero-order valence-electron chi connectivity index (χ0n) is 9.57. The minimum absolute atomic E-state index is 0.0816. The largest absolute Gasteiger partial charge is 0.370 e. The third-order valence-corrected chi connectivity index (χ3v) is 2.15. The van der Waals surface area contributed by atoms with Crippen molar-refractivity contribution in [1.82, 2.24) is 0 Å². The zero-order chi connectivity index (χ0) is 12.1. The van der Waals surface area contributed by atoms with E-state index in [0.29, 0.717) is 6.54 Å². The molecule has 1 rings (SSSR count). The first-order valence-electron chi connectivity index (χ1n) is 4.94. The van der Waals surface area contributed by atoms with Gasteiger partial charge in [0.05, 0.1) is 6.54 Å². The summed E-state index contributed by atoms with van der Waals surface area (Å²) >= 11 is 0. The second kappa shape index (κ2) is 5.16. The minimum Gasteiger partial charge on any atom is -0.370 e. The molecule has 0 aliphatic rings. The molecule has 0 fully saturated rings. The summed E-state index contributed by atoms with van der Waals surface area (Å²) < 4.78 is 0. The summed E-state index contributed by atoms with van der Waals surface area (Å²) in [6, 6.07) is 6.16. The Morgan fingerprint density at radius 1 is 1.19 bits per heavy atom. The van der Waals surface area contributed by atoms with Crippen LogP contribution in [0.1, 0.15) is 16.7 Å². The molecule has 0 aliphatic carbocycles. The first-order valence-corrected chi connectivity index (χ1v) is 4.94. The van der Waals surface area contributed by atoms with Gasteiger partial charge >= 0.3 is 0 Å². The quantitative estimate of drug-likeness (QED) is 0.495. The van der Waals surface area contributed by atoms with Crippen molar-refractivity contribution >= 4 is 11.9 Å². The number of aryl methyl sites for hydroxylation is 2. The highest BCUT2D eigenvalue weighted by Gasteiger charge is 1.97. The van der Waals surface area contributed by atoms with E-state index in [0.717, 1.165) is 5.56 Å². The van der Waals surface area contributed by atoms with Crippen LogP contribution < -0.4 is 17.2 Å². The van der Waals surface area contributed by atoms with E-state index in [9.17, 15) is 0 Å². The number of nitrogens with two attached hydrogens (primary N) is 3. The monoisotopic (exact) mass is 219 g/mol. The normalized spacial score (nSPS) is 11.2. The van der Waals surface area contributed by atoms with E-state index in [-0.39, 0.29) is 11.9 Å². The van der Waals surface area contributed by atoms with E-state index < -0.39 is 0 Å². The van der Waals surface area contributed by atoms with Crippen molar-refractivity contribution in [3.05, 3.63) is 34.9 Å². The number of nitrogens with zero attached hydrogens (tertiary/aromatic N) is 2. The van der Waals surface area contributed by atoms with Crippen molar-refractivity contribution in [2.45, 2.75) is 20.4 Å². The zero-order valence-corrected chi connectivity index (χ0v) is 9.57. The van der Waals surface area contributed by atoms with Gasteiger partial charge in [0, 0.05) is 0 Å². The summed E-state index contributed by atoms with van der Waals surface area (Å²) in [5, 5.41) is 0. The molecule has 0 aliphatic heterocycles. The molecule has 5 nitrogen and oxygen atoms in total. The van der Waals surface area contributed by atoms with Crippen LogP contribution in [0.25, 0.3) is 0 Å². The maximum absolute atomic E-state index is 5.50. The lowest BCUT2D eigenvalue weighted by Crippen LogP contribution is -2.26. The molecule has 0 bridgehead atoms. The Morgan fingerprint density at radius 3 is 2.44 bits per heavy atom. The lowest BCUT2D eigenvalue weighted by molar-refractivity contribution is 1.03. The molecule has 1 aromatic rings. The van der Waals surface area contributed by atoms with Crippen molar-refractivity contribution < 1.29 is 0 Å².